The Hall–Kier alpha value is -0.450. The lowest BCUT2D eigenvalue weighted by Crippen LogP contribution is -2.40. The maximum Gasteiger partial charge on any atom is 0.127 e. The summed E-state index contributed by atoms with van der Waals surface area (Å²) in [5.41, 5.74) is 0.548. The van der Waals surface area contributed by atoms with Crippen LogP contribution in [0.1, 0.15) is 25.8 Å². The maximum absolute atomic E-state index is 13.9. The predicted molar refractivity (Wildman–Crippen MR) is 76.4 cm³/mol. The summed E-state index contributed by atoms with van der Waals surface area (Å²) in [7, 11) is 0. The number of hydrogen-bond donors (Lipinski definition) is 2. The molecular weight excluding hydrogens is 295 g/mol. The Morgan fingerprint density at radius 3 is 2.94 bits per heavy atom. The Kier molecular flexibility index (Phi) is 4.41. The molecule has 18 heavy (non-hydrogen) atoms. The Bertz CT molecular complexity index is 414. The summed E-state index contributed by atoms with van der Waals surface area (Å²) in [6, 6.07) is 5.66. The van der Waals surface area contributed by atoms with E-state index in [-0.39, 0.29) is 11.2 Å². The van der Waals surface area contributed by atoms with Gasteiger partial charge in [-0.25, -0.2) is 4.39 Å². The minimum Gasteiger partial charge on any atom is -0.315 e. The van der Waals surface area contributed by atoms with E-state index in [0.29, 0.717) is 6.04 Å². The summed E-state index contributed by atoms with van der Waals surface area (Å²) in [5.74, 6) is -0.130. The molecular formula is C14H20BrFN2. The van der Waals surface area contributed by atoms with E-state index in [1.807, 2.05) is 6.07 Å². The highest BCUT2D eigenvalue weighted by atomic mass is 79.9. The van der Waals surface area contributed by atoms with Gasteiger partial charge in [-0.2, -0.15) is 0 Å². The van der Waals surface area contributed by atoms with Crippen LogP contribution in [0.5, 0.6) is 0 Å². The van der Waals surface area contributed by atoms with Gasteiger partial charge in [0, 0.05) is 29.0 Å². The second-order valence-electron chi connectivity index (χ2n) is 5.58. The van der Waals surface area contributed by atoms with Crippen molar-refractivity contribution in [2.75, 3.05) is 19.6 Å². The zero-order valence-corrected chi connectivity index (χ0v) is 12.5. The molecule has 0 saturated carbocycles. The normalized spacial score (nSPS) is 20.3. The Balaban J connectivity index is 2.06. The van der Waals surface area contributed by atoms with Gasteiger partial charge in [0.05, 0.1) is 0 Å². The highest BCUT2D eigenvalue weighted by Gasteiger charge is 2.26. The van der Waals surface area contributed by atoms with Crippen molar-refractivity contribution in [3.05, 3.63) is 34.1 Å². The van der Waals surface area contributed by atoms with E-state index in [0.717, 1.165) is 36.1 Å². The fourth-order valence-corrected chi connectivity index (χ4v) is 2.70. The van der Waals surface area contributed by atoms with Gasteiger partial charge >= 0.3 is 0 Å². The van der Waals surface area contributed by atoms with Crippen LogP contribution < -0.4 is 10.6 Å². The molecule has 100 valence electrons. The lowest BCUT2D eigenvalue weighted by molar-refractivity contribution is 0.413. The SMILES string of the molecule is CC(C)(CNC1CCNC1)c1cc(Br)ccc1F. The van der Waals surface area contributed by atoms with Crippen molar-refractivity contribution in [1.29, 1.82) is 0 Å². The smallest absolute Gasteiger partial charge is 0.127 e. The molecule has 1 aromatic carbocycles. The van der Waals surface area contributed by atoms with Gasteiger partial charge in [-0.1, -0.05) is 29.8 Å². The molecule has 1 fully saturated rings. The molecule has 4 heteroatoms. The number of rotatable bonds is 4. The lowest BCUT2D eigenvalue weighted by atomic mass is 9.84. The monoisotopic (exact) mass is 314 g/mol. The zero-order chi connectivity index (χ0) is 13.2. The molecule has 1 aliphatic heterocycles. The van der Waals surface area contributed by atoms with Gasteiger partial charge in [0.1, 0.15) is 5.82 Å². The Labute approximate surface area is 116 Å². The minimum absolute atomic E-state index is 0.130. The molecule has 2 nitrogen and oxygen atoms in total. The van der Waals surface area contributed by atoms with Crippen molar-refractivity contribution in [3.63, 3.8) is 0 Å². The van der Waals surface area contributed by atoms with Gasteiger partial charge < -0.3 is 10.6 Å². The molecule has 0 aromatic heterocycles. The average Bonchev–Trinajstić information content (AvgIpc) is 2.83. The van der Waals surface area contributed by atoms with E-state index in [1.165, 1.54) is 6.07 Å². The van der Waals surface area contributed by atoms with E-state index in [9.17, 15) is 4.39 Å². The van der Waals surface area contributed by atoms with Crippen molar-refractivity contribution in [2.45, 2.75) is 31.7 Å². The van der Waals surface area contributed by atoms with Crippen LogP contribution >= 0.6 is 15.9 Å². The molecule has 1 aromatic rings. The first-order valence-corrected chi connectivity index (χ1v) is 7.18. The molecule has 1 atom stereocenters. The number of nitrogens with one attached hydrogen (secondary N) is 2. The number of hydrogen-bond acceptors (Lipinski definition) is 2. The molecule has 1 aliphatic rings. The molecule has 1 unspecified atom stereocenters. The van der Waals surface area contributed by atoms with Gasteiger partial charge in [0.15, 0.2) is 0 Å². The highest BCUT2D eigenvalue weighted by Crippen LogP contribution is 2.28. The van der Waals surface area contributed by atoms with Gasteiger partial charge in [-0.05, 0) is 36.7 Å². The van der Waals surface area contributed by atoms with Crippen LogP contribution in [-0.2, 0) is 5.41 Å². The van der Waals surface area contributed by atoms with Crippen molar-refractivity contribution < 1.29 is 4.39 Å². The second-order valence-corrected chi connectivity index (χ2v) is 6.49. The molecule has 2 N–H and O–H groups in total. The summed E-state index contributed by atoms with van der Waals surface area (Å²) in [5, 5.41) is 6.85. The molecule has 0 spiro atoms. The third kappa shape index (κ3) is 3.31. The second kappa shape index (κ2) is 5.68. The van der Waals surface area contributed by atoms with Crippen molar-refractivity contribution in [1.82, 2.24) is 10.6 Å². The van der Waals surface area contributed by atoms with E-state index in [4.69, 9.17) is 0 Å². The molecule has 1 saturated heterocycles. The number of halogens is 2. The van der Waals surface area contributed by atoms with Crippen LogP contribution in [-0.4, -0.2) is 25.7 Å². The maximum atomic E-state index is 13.9. The first-order valence-electron chi connectivity index (χ1n) is 6.39. The molecule has 2 rings (SSSR count). The fourth-order valence-electron chi connectivity index (χ4n) is 2.34. The van der Waals surface area contributed by atoms with E-state index < -0.39 is 0 Å². The lowest BCUT2D eigenvalue weighted by Gasteiger charge is -2.28. The van der Waals surface area contributed by atoms with Crippen molar-refractivity contribution in [3.8, 4) is 0 Å². The summed E-state index contributed by atoms with van der Waals surface area (Å²) in [6.45, 7) is 7.02. The van der Waals surface area contributed by atoms with Crippen LogP contribution in [0.15, 0.2) is 22.7 Å². The summed E-state index contributed by atoms with van der Waals surface area (Å²) >= 11 is 3.41. The van der Waals surface area contributed by atoms with Gasteiger partial charge in [0.25, 0.3) is 0 Å². The number of benzene rings is 1. The quantitative estimate of drug-likeness (QED) is 0.893. The summed E-state index contributed by atoms with van der Waals surface area (Å²) in [6.07, 6.45) is 1.15. The Morgan fingerprint density at radius 1 is 1.50 bits per heavy atom. The summed E-state index contributed by atoms with van der Waals surface area (Å²) in [4.78, 5) is 0. The van der Waals surface area contributed by atoms with E-state index >= 15 is 0 Å². The fraction of sp³-hybridized carbons (Fsp3) is 0.571. The predicted octanol–water partition coefficient (Wildman–Crippen LogP) is 2.82. The average molecular weight is 315 g/mol. The highest BCUT2D eigenvalue weighted by molar-refractivity contribution is 9.10. The molecule has 0 aliphatic carbocycles. The topological polar surface area (TPSA) is 24.1 Å². The first kappa shape index (κ1) is 14.0. The summed E-state index contributed by atoms with van der Waals surface area (Å²) < 4.78 is 14.8. The molecule has 0 amide bonds. The van der Waals surface area contributed by atoms with Crippen LogP contribution in [0.25, 0.3) is 0 Å². The van der Waals surface area contributed by atoms with E-state index in [1.54, 1.807) is 6.07 Å². The minimum atomic E-state index is -0.212. The standard InChI is InChI=1S/C14H20BrFN2/c1-14(2,9-18-11-5-6-17-8-11)12-7-10(15)3-4-13(12)16/h3-4,7,11,17-18H,5-6,8-9H2,1-2H3. The van der Waals surface area contributed by atoms with Gasteiger partial charge in [-0.15, -0.1) is 0 Å². The van der Waals surface area contributed by atoms with Crippen LogP contribution in [0.3, 0.4) is 0 Å². The molecule has 0 bridgehead atoms. The van der Waals surface area contributed by atoms with Crippen LogP contribution in [0.4, 0.5) is 4.39 Å². The van der Waals surface area contributed by atoms with Crippen LogP contribution in [0, 0.1) is 5.82 Å². The zero-order valence-electron chi connectivity index (χ0n) is 10.9. The largest absolute Gasteiger partial charge is 0.315 e. The Morgan fingerprint density at radius 2 is 2.28 bits per heavy atom. The van der Waals surface area contributed by atoms with Gasteiger partial charge in [-0.3, -0.25) is 0 Å². The molecule has 0 radical (unpaired) electrons. The third-order valence-electron chi connectivity index (χ3n) is 3.55. The van der Waals surface area contributed by atoms with Crippen LogP contribution in [0.2, 0.25) is 0 Å². The van der Waals surface area contributed by atoms with Crippen molar-refractivity contribution >= 4 is 15.9 Å². The first-order chi connectivity index (χ1) is 8.49. The van der Waals surface area contributed by atoms with E-state index in [2.05, 4.69) is 40.4 Å². The van der Waals surface area contributed by atoms with Crippen molar-refractivity contribution in [2.24, 2.45) is 0 Å². The third-order valence-corrected chi connectivity index (χ3v) is 4.04. The van der Waals surface area contributed by atoms with Gasteiger partial charge in [0.2, 0.25) is 0 Å². The molecule has 1 heterocycles.